The quantitative estimate of drug-likeness (QED) is 0.792. The van der Waals surface area contributed by atoms with E-state index in [4.69, 9.17) is 5.73 Å². The van der Waals surface area contributed by atoms with E-state index in [1.165, 1.54) is 12.3 Å². The summed E-state index contributed by atoms with van der Waals surface area (Å²) >= 11 is 0. The fraction of sp³-hybridized carbons (Fsp3) is 0.529. The largest absolute Gasteiger partial charge is 0.461 e. The number of alkyl halides is 4. The van der Waals surface area contributed by atoms with Gasteiger partial charge in [-0.05, 0) is 51.2 Å². The van der Waals surface area contributed by atoms with Gasteiger partial charge in [-0.3, -0.25) is 9.98 Å². The lowest BCUT2D eigenvalue weighted by molar-refractivity contribution is -0.253. The minimum Gasteiger partial charge on any atom is -0.427 e. The molecule has 4 nitrogen and oxygen atoms in total. The molecule has 2 rings (SSSR count). The van der Waals surface area contributed by atoms with Crippen LogP contribution in [0.4, 0.5) is 17.6 Å². The van der Waals surface area contributed by atoms with Gasteiger partial charge < -0.3 is 10.5 Å². The summed E-state index contributed by atoms with van der Waals surface area (Å²) in [6.07, 6.45) is -2.73. The molecule has 0 saturated heterocycles. The maximum atomic E-state index is 13.1. The number of allylic oxidation sites excluding steroid dienone is 1. The molecule has 1 aliphatic rings. The number of rotatable bonds is 5. The second kappa shape index (κ2) is 7.84. The monoisotopic (exact) mass is 359 g/mol. The van der Waals surface area contributed by atoms with Gasteiger partial charge in [0.25, 0.3) is 0 Å². The minimum absolute atomic E-state index is 0.105. The van der Waals surface area contributed by atoms with E-state index >= 15 is 0 Å². The summed E-state index contributed by atoms with van der Waals surface area (Å²) in [5.41, 5.74) is 8.64. The molecule has 0 bridgehead atoms. The number of nitrogens with two attached hydrogens (primary N) is 1. The van der Waals surface area contributed by atoms with Gasteiger partial charge in [0.2, 0.25) is 0 Å². The molecule has 8 heteroatoms. The zero-order valence-corrected chi connectivity index (χ0v) is 14.1. The van der Waals surface area contributed by atoms with Crippen molar-refractivity contribution in [1.29, 1.82) is 0 Å². The summed E-state index contributed by atoms with van der Waals surface area (Å²) in [6.45, 7) is 3.91. The Morgan fingerprint density at radius 2 is 1.92 bits per heavy atom. The Bertz CT molecular complexity index is 672. The first kappa shape index (κ1) is 19.2. The molecule has 0 aliphatic heterocycles. The molecule has 25 heavy (non-hydrogen) atoms. The molecule has 1 saturated carbocycles. The van der Waals surface area contributed by atoms with Gasteiger partial charge in [-0.1, -0.05) is 0 Å². The molecule has 0 unspecified atom stereocenters. The van der Waals surface area contributed by atoms with Crippen molar-refractivity contribution in [3.8, 4) is 5.75 Å². The maximum absolute atomic E-state index is 13.1. The number of hydrogen-bond donors (Lipinski definition) is 1. The molecule has 138 valence electrons. The van der Waals surface area contributed by atoms with E-state index in [0.717, 1.165) is 43.2 Å². The minimum atomic E-state index is -4.59. The van der Waals surface area contributed by atoms with Crippen molar-refractivity contribution in [1.82, 2.24) is 4.98 Å². The van der Waals surface area contributed by atoms with Crippen LogP contribution in [0.5, 0.6) is 5.75 Å². The van der Waals surface area contributed by atoms with Crippen LogP contribution in [0.25, 0.3) is 5.70 Å². The third-order valence-corrected chi connectivity index (χ3v) is 3.71. The normalized spacial score (nSPS) is 19.6. The Morgan fingerprint density at radius 3 is 2.56 bits per heavy atom. The lowest BCUT2D eigenvalue weighted by Gasteiger charge is -2.21. The van der Waals surface area contributed by atoms with Crippen LogP contribution in [0.1, 0.15) is 45.1 Å². The second-order valence-corrected chi connectivity index (χ2v) is 6.14. The van der Waals surface area contributed by atoms with E-state index in [9.17, 15) is 17.6 Å². The fourth-order valence-electron chi connectivity index (χ4n) is 2.63. The fourth-order valence-corrected chi connectivity index (χ4v) is 2.63. The molecule has 1 aromatic heterocycles. The van der Waals surface area contributed by atoms with Gasteiger partial charge in [0, 0.05) is 29.2 Å². The van der Waals surface area contributed by atoms with E-state index in [0.29, 0.717) is 11.3 Å². The van der Waals surface area contributed by atoms with Gasteiger partial charge in [0.15, 0.2) is 0 Å². The second-order valence-electron chi connectivity index (χ2n) is 6.14. The third kappa shape index (κ3) is 4.93. The van der Waals surface area contributed by atoms with Crippen LogP contribution in [0.15, 0.2) is 29.0 Å². The smallest absolute Gasteiger partial charge is 0.427 e. The van der Waals surface area contributed by atoms with Crippen LogP contribution in [-0.2, 0) is 0 Å². The van der Waals surface area contributed by atoms with Crippen LogP contribution < -0.4 is 10.5 Å². The highest BCUT2D eigenvalue weighted by molar-refractivity contribution is 6.06. The number of pyridine rings is 1. The number of ether oxygens (including phenoxy) is 1. The first-order valence-electron chi connectivity index (χ1n) is 8.06. The molecule has 1 aliphatic carbocycles. The van der Waals surface area contributed by atoms with Crippen LogP contribution >= 0.6 is 0 Å². The van der Waals surface area contributed by atoms with E-state index in [-0.39, 0.29) is 6.04 Å². The summed E-state index contributed by atoms with van der Waals surface area (Å²) < 4.78 is 54.8. The van der Waals surface area contributed by atoms with Crippen molar-refractivity contribution < 1.29 is 22.3 Å². The predicted molar refractivity (Wildman–Crippen MR) is 88.0 cm³/mol. The first-order chi connectivity index (χ1) is 11.7. The van der Waals surface area contributed by atoms with Crippen molar-refractivity contribution in [3.05, 3.63) is 29.6 Å². The summed E-state index contributed by atoms with van der Waals surface area (Å²) in [5.74, 6) is -0.468. The number of aromatic nitrogens is 1. The van der Waals surface area contributed by atoms with Crippen LogP contribution in [0.3, 0.4) is 0 Å². The molecule has 0 radical (unpaired) electrons. The van der Waals surface area contributed by atoms with Crippen LogP contribution in [0, 0.1) is 0 Å². The van der Waals surface area contributed by atoms with Crippen LogP contribution in [0.2, 0.25) is 0 Å². The van der Waals surface area contributed by atoms with Gasteiger partial charge in [-0.25, -0.2) is 0 Å². The molecular weight excluding hydrogens is 338 g/mol. The van der Waals surface area contributed by atoms with Gasteiger partial charge in [0.05, 0.1) is 6.20 Å². The van der Waals surface area contributed by atoms with Gasteiger partial charge in [-0.15, -0.1) is 0 Å². The van der Waals surface area contributed by atoms with Crippen molar-refractivity contribution in [2.24, 2.45) is 10.7 Å². The Morgan fingerprint density at radius 1 is 1.24 bits per heavy atom. The molecule has 1 heterocycles. The van der Waals surface area contributed by atoms with Gasteiger partial charge >= 0.3 is 12.5 Å². The van der Waals surface area contributed by atoms with Crippen molar-refractivity contribution in [2.75, 3.05) is 0 Å². The highest BCUT2D eigenvalue weighted by Crippen LogP contribution is 2.30. The average molecular weight is 359 g/mol. The molecule has 0 spiro atoms. The number of nitrogens with zero attached hydrogens (tertiary/aromatic N) is 2. The Labute approximate surface area is 143 Å². The average Bonchev–Trinajstić information content (AvgIpc) is 2.54. The molecule has 0 aromatic carbocycles. The number of halogens is 4. The van der Waals surface area contributed by atoms with Gasteiger partial charge in [-0.2, -0.15) is 17.6 Å². The Kier molecular flexibility index (Phi) is 6.02. The van der Waals surface area contributed by atoms with Crippen molar-refractivity contribution >= 4 is 11.4 Å². The van der Waals surface area contributed by atoms with E-state index in [1.54, 1.807) is 0 Å². The Hall–Kier alpha value is -2.12. The third-order valence-electron chi connectivity index (χ3n) is 3.71. The van der Waals surface area contributed by atoms with Crippen molar-refractivity contribution in [3.63, 3.8) is 0 Å². The molecule has 0 amide bonds. The van der Waals surface area contributed by atoms with E-state index in [1.807, 2.05) is 13.8 Å². The summed E-state index contributed by atoms with van der Waals surface area (Å²) in [6, 6.07) is 1.29. The highest BCUT2D eigenvalue weighted by atomic mass is 19.3. The zero-order valence-electron chi connectivity index (χ0n) is 14.1. The molecule has 1 fully saturated rings. The highest BCUT2D eigenvalue weighted by Gasteiger charge is 2.44. The molecule has 0 atom stereocenters. The molecule has 1 aromatic rings. The topological polar surface area (TPSA) is 60.5 Å². The Balaban J connectivity index is 2.35. The lowest BCUT2D eigenvalue weighted by atomic mass is 9.89. The van der Waals surface area contributed by atoms with E-state index in [2.05, 4.69) is 14.7 Å². The number of aliphatic imine (C=N–C) groups is 1. The SMILES string of the molecule is CC(C)N=C1CCCC/C1=C(/N)c1cncc(OC(F)(F)C(F)F)c1. The molecular formula is C17H21F4N3O. The zero-order chi connectivity index (χ0) is 18.6. The summed E-state index contributed by atoms with van der Waals surface area (Å²) in [7, 11) is 0. The molecule has 2 N–H and O–H groups in total. The summed E-state index contributed by atoms with van der Waals surface area (Å²) in [5, 5.41) is 0. The van der Waals surface area contributed by atoms with Gasteiger partial charge in [0.1, 0.15) is 5.75 Å². The number of hydrogen-bond acceptors (Lipinski definition) is 4. The van der Waals surface area contributed by atoms with E-state index < -0.39 is 18.3 Å². The van der Waals surface area contributed by atoms with Crippen molar-refractivity contribution in [2.45, 2.75) is 58.1 Å². The van der Waals surface area contributed by atoms with Crippen LogP contribution in [-0.4, -0.2) is 29.3 Å². The lowest BCUT2D eigenvalue weighted by Crippen LogP contribution is -2.33. The standard InChI is InChI=1S/C17H21F4N3O/c1-10(2)24-14-6-4-3-5-13(14)15(22)11-7-12(9-23-8-11)25-17(20,21)16(18)19/h7-10,16H,3-6,22H2,1-2H3/b15-13-,24-14?. The predicted octanol–water partition coefficient (Wildman–Crippen LogP) is 4.41. The maximum Gasteiger partial charge on any atom is 0.461 e. The first-order valence-corrected chi connectivity index (χ1v) is 8.06. The summed E-state index contributed by atoms with van der Waals surface area (Å²) in [4.78, 5) is 8.35.